The molecule has 1 aromatic heterocycles. The van der Waals surface area contributed by atoms with Crippen LogP contribution in [0.15, 0.2) is 54.7 Å². The number of carbonyl (C=O) groups is 1. The van der Waals surface area contributed by atoms with Gasteiger partial charge in [0.15, 0.2) is 0 Å². The van der Waals surface area contributed by atoms with Crippen molar-refractivity contribution >= 4 is 29.3 Å². The predicted molar refractivity (Wildman–Crippen MR) is 100 cm³/mol. The molecule has 0 bridgehead atoms. The van der Waals surface area contributed by atoms with Gasteiger partial charge in [-0.05, 0) is 29.3 Å². The van der Waals surface area contributed by atoms with Crippen molar-refractivity contribution in [2.75, 3.05) is 13.7 Å². The van der Waals surface area contributed by atoms with Crippen molar-refractivity contribution in [3.05, 3.63) is 65.9 Å². The second-order valence-electron chi connectivity index (χ2n) is 5.54. The number of aromatic nitrogens is 1. The van der Waals surface area contributed by atoms with Crippen LogP contribution in [0.25, 0.3) is 10.9 Å². The normalized spacial score (nSPS) is 11.6. The Kier molecular flexibility index (Phi) is 6.44. The van der Waals surface area contributed by atoms with E-state index in [0.29, 0.717) is 6.61 Å². The number of nitrogens with one attached hydrogen (secondary N) is 1. The number of fused-ring (bicyclic) bond motifs is 1. The van der Waals surface area contributed by atoms with E-state index in [1.165, 1.54) is 7.11 Å². The van der Waals surface area contributed by atoms with Crippen LogP contribution in [0.3, 0.4) is 0 Å². The molecule has 0 saturated heterocycles. The van der Waals surface area contributed by atoms with Crippen LogP contribution in [0.2, 0.25) is 0 Å². The number of H-pyrrole nitrogens is 1. The van der Waals surface area contributed by atoms with Crippen LogP contribution in [0, 0.1) is 0 Å². The fraction of sp³-hybridized carbons (Fsp3) is 0.211. The zero-order valence-electron chi connectivity index (χ0n) is 13.9. The van der Waals surface area contributed by atoms with Crippen molar-refractivity contribution < 1.29 is 14.3 Å². The van der Waals surface area contributed by atoms with Crippen LogP contribution in [0.5, 0.6) is 5.75 Å². The van der Waals surface area contributed by atoms with Gasteiger partial charge in [0, 0.05) is 23.6 Å². The minimum atomic E-state index is -0.492. The fourth-order valence-electron chi connectivity index (χ4n) is 2.73. The topological polar surface area (TPSA) is 77.3 Å². The fourth-order valence-corrected chi connectivity index (χ4v) is 2.73. The van der Waals surface area contributed by atoms with Gasteiger partial charge in [-0.2, -0.15) is 0 Å². The SMILES string of the molecule is COC(=O)C(CN)c1c[nH]c2ccc(OCc3ccccc3)cc12.Cl. The van der Waals surface area contributed by atoms with Crippen LogP contribution in [0.4, 0.5) is 0 Å². The molecule has 1 unspecified atom stereocenters. The quantitative estimate of drug-likeness (QED) is 0.660. The van der Waals surface area contributed by atoms with Gasteiger partial charge >= 0.3 is 5.97 Å². The lowest BCUT2D eigenvalue weighted by Gasteiger charge is -2.12. The Morgan fingerprint density at radius 3 is 2.64 bits per heavy atom. The van der Waals surface area contributed by atoms with Crippen molar-refractivity contribution in [2.24, 2.45) is 5.73 Å². The van der Waals surface area contributed by atoms with Gasteiger partial charge in [-0.25, -0.2) is 0 Å². The summed E-state index contributed by atoms with van der Waals surface area (Å²) in [6, 6.07) is 15.7. The number of ether oxygens (including phenoxy) is 2. The first kappa shape index (κ1) is 18.8. The predicted octanol–water partition coefficient (Wildman–Crippen LogP) is 3.38. The first-order valence-corrected chi connectivity index (χ1v) is 7.78. The Morgan fingerprint density at radius 2 is 1.96 bits per heavy atom. The van der Waals surface area contributed by atoms with E-state index in [2.05, 4.69) is 4.98 Å². The molecular weight excluding hydrogens is 340 g/mol. The summed E-state index contributed by atoms with van der Waals surface area (Å²) in [5, 5.41) is 0.918. The second-order valence-corrected chi connectivity index (χ2v) is 5.54. The van der Waals surface area contributed by atoms with Crippen molar-refractivity contribution in [1.29, 1.82) is 0 Å². The minimum Gasteiger partial charge on any atom is -0.489 e. The molecule has 1 heterocycles. The summed E-state index contributed by atoms with van der Waals surface area (Å²) in [6.07, 6.45) is 1.81. The highest BCUT2D eigenvalue weighted by Crippen LogP contribution is 2.29. The van der Waals surface area contributed by atoms with Crippen molar-refractivity contribution in [1.82, 2.24) is 4.98 Å². The maximum absolute atomic E-state index is 11.9. The number of methoxy groups -OCH3 is 1. The molecular formula is C19H21ClN2O3. The summed E-state index contributed by atoms with van der Waals surface area (Å²) in [5.74, 6) is -0.0880. The van der Waals surface area contributed by atoms with Crippen LogP contribution in [0.1, 0.15) is 17.0 Å². The summed E-state index contributed by atoms with van der Waals surface area (Å²) >= 11 is 0. The molecule has 132 valence electrons. The standard InChI is InChI=1S/C19H20N2O3.ClH/c1-23-19(22)16(10-20)17-11-21-18-8-7-14(9-15(17)18)24-12-13-5-3-2-4-6-13;/h2-9,11,16,21H,10,12,20H2,1H3;1H. The van der Waals surface area contributed by atoms with E-state index < -0.39 is 5.92 Å². The lowest BCUT2D eigenvalue weighted by molar-refractivity contribution is -0.142. The number of hydrogen-bond acceptors (Lipinski definition) is 4. The molecule has 2 aromatic carbocycles. The summed E-state index contributed by atoms with van der Waals surface area (Å²) in [7, 11) is 1.37. The van der Waals surface area contributed by atoms with E-state index in [-0.39, 0.29) is 24.9 Å². The molecule has 0 spiro atoms. The monoisotopic (exact) mass is 360 g/mol. The third-order valence-electron chi connectivity index (χ3n) is 4.03. The molecule has 1 atom stereocenters. The average Bonchev–Trinajstić information content (AvgIpc) is 3.04. The Bertz CT molecular complexity index is 833. The van der Waals surface area contributed by atoms with Gasteiger partial charge in [-0.3, -0.25) is 4.79 Å². The van der Waals surface area contributed by atoms with Crippen LogP contribution >= 0.6 is 12.4 Å². The van der Waals surface area contributed by atoms with Gasteiger partial charge in [0.25, 0.3) is 0 Å². The number of benzene rings is 2. The number of hydrogen-bond donors (Lipinski definition) is 2. The lowest BCUT2D eigenvalue weighted by Crippen LogP contribution is -2.22. The highest BCUT2D eigenvalue weighted by Gasteiger charge is 2.23. The largest absolute Gasteiger partial charge is 0.489 e. The zero-order valence-corrected chi connectivity index (χ0v) is 14.7. The minimum absolute atomic E-state index is 0. The summed E-state index contributed by atoms with van der Waals surface area (Å²) in [4.78, 5) is 15.1. The van der Waals surface area contributed by atoms with Gasteiger partial charge in [-0.1, -0.05) is 30.3 Å². The Labute approximate surface area is 152 Å². The van der Waals surface area contributed by atoms with E-state index in [9.17, 15) is 4.79 Å². The first-order chi connectivity index (χ1) is 11.7. The van der Waals surface area contributed by atoms with Crippen molar-refractivity contribution in [2.45, 2.75) is 12.5 Å². The molecule has 0 fully saturated rings. The van der Waals surface area contributed by atoms with E-state index in [0.717, 1.165) is 27.8 Å². The molecule has 3 N–H and O–H groups in total. The molecule has 0 radical (unpaired) electrons. The van der Waals surface area contributed by atoms with Gasteiger partial charge in [0.1, 0.15) is 12.4 Å². The van der Waals surface area contributed by atoms with Gasteiger partial charge < -0.3 is 20.2 Å². The lowest BCUT2D eigenvalue weighted by atomic mass is 9.98. The molecule has 25 heavy (non-hydrogen) atoms. The summed E-state index contributed by atoms with van der Waals surface area (Å²) in [6.45, 7) is 0.679. The van der Waals surface area contributed by atoms with Crippen LogP contribution in [-0.4, -0.2) is 24.6 Å². The smallest absolute Gasteiger partial charge is 0.314 e. The number of halogens is 1. The maximum atomic E-state index is 11.9. The number of carbonyl (C=O) groups excluding carboxylic acids is 1. The van der Waals surface area contributed by atoms with Crippen molar-refractivity contribution in [3.8, 4) is 5.75 Å². The van der Waals surface area contributed by atoms with Gasteiger partial charge in [0.2, 0.25) is 0 Å². The third kappa shape index (κ3) is 4.13. The van der Waals surface area contributed by atoms with Crippen LogP contribution < -0.4 is 10.5 Å². The molecule has 5 nitrogen and oxygen atoms in total. The van der Waals surface area contributed by atoms with Gasteiger partial charge in [-0.15, -0.1) is 12.4 Å². The molecule has 0 amide bonds. The number of nitrogens with two attached hydrogens (primary N) is 1. The third-order valence-corrected chi connectivity index (χ3v) is 4.03. The second kappa shape index (κ2) is 8.55. The van der Waals surface area contributed by atoms with Gasteiger partial charge in [0.05, 0.1) is 13.0 Å². The van der Waals surface area contributed by atoms with E-state index in [1.54, 1.807) is 6.20 Å². The molecule has 0 aliphatic heterocycles. The van der Waals surface area contributed by atoms with Crippen molar-refractivity contribution in [3.63, 3.8) is 0 Å². The molecule has 0 aliphatic carbocycles. The zero-order chi connectivity index (χ0) is 16.9. The van der Waals surface area contributed by atoms with E-state index >= 15 is 0 Å². The van der Waals surface area contributed by atoms with Crippen LogP contribution in [-0.2, 0) is 16.1 Å². The molecule has 0 aliphatic rings. The average molecular weight is 361 g/mol. The Morgan fingerprint density at radius 1 is 1.20 bits per heavy atom. The Hall–Kier alpha value is -2.50. The molecule has 3 aromatic rings. The number of aromatic amines is 1. The summed E-state index contributed by atoms with van der Waals surface area (Å²) < 4.78 is 10.7. The molecule has 6 heteroatoms. The number of rotatable bonds is 6. The molecule has 3 rings (SSSR count). The Balaban J connectivity index is 0.00000225. The highest BCUT2D eigenvalue weighted by molar-refractivity contribution is 5.90. The molecule has 0 saturated carbocycles. The summed E-state index contributed by atoms with van der Waals surface area (Å²) in [5.41, 5.74) is 8.61. The highest BCUT2D eigenvalue weighted by atomic mass is 35.5. The van der Waals surface area contributed by atoms with E-state index in [1.807, 2.05) is 48.5 Å². The maximum Gasteiger partial charge on any atom is 0.314 e. The van der Waals surface area contributed by atoms with E-state index in [4.69, 9.17) is 15.2 Å². The first-order valence-electron chi connectivity index (χ1n) is 7.78. The number of esters is 1.